The maximum Gasteiger partial charge on any atom is 0.159 e. The monoisotopic (exact) mass is 1110 g/mol. The van der Waals surface area contributed by atoms with Crippen LogP contribution in [0.15, 0.2) is 82.5 Å². The summed E-state index contributed by atoms with van der Waals surface area (Å²) in [5, 5.41) is 19.5. The molecule has 0 aromatic heterocycles. The lowest BCUT2D eigenvalue weighted by molar-refractivity contribution is -0.129. The molecule has 0 heterocycles. The number of ketones is 6. The first-order valence-corrected chi connectivity index (χ1v) is 31.9. The maximum absolute atomic E-state index is 12.7. The summed E-state index contributed by atoms with van der Waals surface area (Å²) in [7, 11) is 0. The first-order chi connectivity index (χ1) is 37.4. The molecule has 7 fully saturated rings. The quantitative estimate of drug-likeness (QED) is 0.228. The van der Waals surface area contributed by atoms with Crippen LogP contribution in [0.4, 0.5) is 0 Å². The fraction of sp³-hybridized carbons (Fsp3) is 0.726. The summed E-state index contributed by atoms with van der Waals surface area (Å²) in [5.41, 5.74) is 7.22. The van der Waals surface area contributed by atoms with E-state index in [-0.39, 0.29) is 78.0 Å². The van der Waals surface area contributed by atoms with Crippen LogP contribution in [-0.2, 0) is 28.8 Å². The Morgan fingerprint density at radius 1 is 0.407 bits per heavy atom. The Morgan fingerprint density at radius 2 is 0.889 bits per heavy atom. The average Bonchev–Trinajstić information content (AvgIpc) is 2.72. The smallest absolute Gasteiger partial charge is 0.159 e. The molecule has 2 N–H and O–H groups in total. The van der Waals surface area contributed by atoms with Crippen molar-refractivity contribution in [1.82, 2.24) is 0 Å². The largest absolute Gasteiger partial charge is 0.393 e. The Bertz CT molecular complexity index is 2630. The first-order valence-electron chi connectivity index (χ1n) is 31.9. The molecule has 0 aromatic carbocycles. The number of fused-ring (bicyclic) bond motifs is 13. The molecular weight excluding hydrogens is 1000 g/mol. The van der Waals surface area contributed by atoms with E-state index in [2.05, 4.69) is 84.9 Å². The van der Waals surface area contributed by atoms with Crippen LogP contribution < -0.4 is 0 Å². The van der Waals surface area contributed by atoms with E-state index >= 15 is 0 Å². The molecule has 446 valence electrons. The fourth-order valence-corrected chi connectivity index (χ4v) is 19.4. The standard InChI is InChI=1S/C19H24O2.C19H28O.2C11H14O2.C11H18O.2CH4/c1-18-7-3-4-14(18)13-11-17(21)16-10-12(20)5-9-19(16,2)15(13)6-8-18;1-18-9-3-4-16(18)15-6-5-13-12-14(20)7-11-19(13,2)17(15)8-10-18;2*1-11-5-2-3-10(13)9(11)7-8(12)4-6-11;1-11-6-3-2-4-9(11)8-10(12)5-7-11;;/h3,7,10,13-15H,4-6,8-9,11H2,1-2H3;3,5,9,14-17,20H,4,6-8,10-12H2,1-2H3;2*7H,2-6H2,1H3;4,10,12H,2-3,5-8H2,1H3;2*1H4/t13?,14?,15?,18-,19+;14-,15?,16?,17?,18-,19-;2*11-;10-,11-;;/m00000../s1. The van der Waals surface area contributed by atoms with Crippen molar-refractivity contribution < 1.29 is 39.0 Å². The van der Waals surface area contributed by atoms with Crippen LogP contribution in [0.2, 0.25) is 0 Å². The predicted molar refractivity (Wildman–Crippen MR) is 326 cm³/mol. The van der Waals surface area contributed by atoms with E-state index in [1.807, 2.05) is 0 Å². The van der Waals surface area contributed by atoms with Gasteiger partial charge in [-0.1, -0.05) is 111 Å². The third kappa shape index (κ3) is 12.2. The summed E-state index contributed by atoms with van der Waals surface area (Å²) in [4.78, 5) is 69.9. The highest BCUT2D eigenvalue weighted by Crippen LogP contribution is 2.65. The summed E-state index contributed by atoms with van der Waals surface area (Å²) in [5.74, 6) is 5.42. The number of hydrogen-bond acceptors (Lipinski definition) is 8. The summed E-state index contributed by atoms with van der Waals surface area (Å²) >= 11 is 0. The number of hydrogen-bond donors (Lipinski definition) is 2. The van der Waals surface area contributed by atoms with Gasteiger partial charge in [-0.3, -0.25) is 28.8 Å². The van der Waals surface area contributed by atoms with Crippen LogP contribution in [0, 0.1) is 73.4 Å². The molecule has 0 radical (unpaired) electrons. The fourth-order valence-electron chi connectivity index (χ4n) is 19.4. The molecule has 8 heteroatoms. The van der Waals surface area contributed by atoms with E-state index < -0.39 is 0 Å². The molecule has 0 saturated heterocycles. The van der Waals surface area contributed by atoms with Crippen LogP contribution >= 0.6 is 0 Å². The third-order valence-corrected chi connectivity index (χ3v) is 24.7. The van der Waals surface area contributed by atoms with Crippen LogP contribution in [0.5, 0.6) is 0 Å². The second-order valence-electron chi connectivity index (χ2n) is 29.8. The van der Waals surface area contributed by atoms with Crippen LogP contribution in [0.3, 0.4) is 0 Å². The van der Waals surface area contributed by atoms with E-state index in [9.17, 15) is 39.0 Å². The lowest BCUT2D eigenvalue weighted by atomic mass is 9.47. The van der Waals surface area contributed by atoms with Gasteiger partial charge in [-0.25, -0.2) is 0 Å². The Labute approximate surface area is 489 Å². The highest BCUT2D eigenvalue weighted by Gasteiger charge is 2.58. The van der Waals surface area contributed by atoms with E-state index in [1.165, 1.54) is 76.2 Å². The summed E-state index contributed by atoms with van der Waals surface area (Å²) in [6, 6.07) is 0. The molecule has 81 heavy (non-hydrogen) atoms. The second-order valence-corrected chi connectivity index (χ2v) is 29.8. The van der Waals surface area contributed by atoms with Crippen LogP contribution in [0.25, 0.3) is 0 Å². The highest BCUT2D eigenvalue weighted by molar-refractivity contribution is 6.07. The zero-order valence-corrected chi connectivity index (χ0v) is 49.7. The van der Waals surface area contributed by atoms with Gasteiger partial charge < -0.3 is 10.2 Å². The minimum absolute atomic E-state index is 0. The number of allylic oxidation sites excluding steroid dienone is 12. The number of carbonyl (C=O) groups excluding carboxylic acids is 6. The van der Waals surface area contributed by atoms with Gasteiger partial charge in [0, 0.05) is 55.2 Å². The van der Waals surface area contributed by atoms with E-state index in [0.29, 0.717) is 77.9 Å². The molecule has 0 aliphatic heterocycles. The lowest BCUT2D eigenvalue weighted by Crippen LogP contribution is -2.52. The van der Waals surface area contributed by atoms with Crippen molar-refractivity contribution in [3.8, 4) is 0 Å². The third-order valence-electron chi connectivity index (χ3n) is 24.7. The van der Waals surface area contributed by atoms with Gasteiger partial charge in [0.25, 0.3) is 0 Å². The Hall–Kier alpha value is -3.88. The van der Waals surface area contributed by atoms with E-state index in [4.69, 9.17) is 0 Å². The van der Waals surface area contributed by atoms with Crippen LogP contribution in [0.1, 0.15) is 250 Å². The van der Waals surface area contributed by atoms with Gasteiger partial charge in [-0.15, -0.1) is 0 Å². The number of Topliss-reactive ketones (excluding diaryl/α,β-unsaturated/α-hetero) is 3. The Morgan fingerprint density at radius 3 is 1.46 bits per heavy atom. The van der Waals surface area contributed by atoms with Crippen molar-refractivity contribution in [2.45, 2.75) is 262 Å². The molecule has 14 aliphatic carbocycles. The molecule has 7 saturated carbocycles. The van der Waals surface area contributed by atoms with Crippen molar-refractivity contribution in [2.24, 2.45) is 73.4 Å². The van der Waals surface area contributed by atoms with E-state index in [0.717, 1.165) is 112 Å². The van der Waals surface area contributed by atoms with Crippen molar-refractivity contribution in [1.29, 1.82) is 0 Å². The number of rotatable bonds is 0. The SMILES string of the molecule is C.C.C[C@@]12C=CCC1C1CC(=O)C3=CC(=O)CC[C@]3(C)C1CC2.C[C@@]12C=CCC1C1CC=C3C[C@@H](O)CC[C@]3(C)C1CC2.C[C@@]12CCCC(=O)C1=CC(=O)CC2.C[C@@]12CCCC(=O)C1=CC(=O)CC2.C[C@@]12CCCC=C1C[C@@H](O)CC2. The summed E-state index contributed by atoms with van der Waals surface area (Å²) in [6.45, 7) is 16.2. The first kappa shape index (κ1) is 63.1. The zero-order chi connectivity index (χ0) is 56.3. The van der Waals surface area contributed by atoms with E-state index in [1.54, 1.807) is 23.8 Å². The predicted octanol–water partition coefficient (Wildman–Crippen LogP) is 16.3. The molecule has 0 amide bonds. The molecule has 0 aromatic rings. The molecule has 6 unspecified atom stereocenters. The molecular formula is C73H106O8. The molecule has 14 rings (SSSR count). The number of aliphatic hydroxyl groups excluding tert-OH is 2. The van der Waals surface area contributed by atoms with Crippen molar-refractivity contribution in [3.63, 3.8) is 0 Å². The zero-order valence-electron chi connectivity index (χ0n) is 49.7. The second kappa shape index (κ2) is 24.2. The molecule has 8 nitrogen and oxygen atoms in total. The minimum Gasteiger partial charge on any atom is -0.393 e. The molecule has 14 aliphatic rings. The molecule has 15 atom stereocenters. The Balaban J connectivity index is 0.000000135. The van der Waals surface area contributed by atoms with Gasteiger partial charge in [0.15, 0.2) is 34.7 Å². The van der Waals surface area contributed by atoms with Gasteiger partial charge in [-0.2, -0.15) is 0 Å². The Kier molecular flexibility index (Phi) is 18.9. The van der Waals surface area contributed by atoms with Crippen molar-refractivity contribution >= 4 is 34.7 Å². The van der Waals surface area contributed by atoms with Gasteiger partial charge in [0.1, 0.15) is 0 Å². The van der Waals surface area contributed by atoms with Crippen LogP contribution in [-0.4, -0.2) is 57.1 Å². The van der Waals surface area contributed by atoms with Gasteiger partial charge in [-0.05, 0) is 239 Å². The summed E-state index contributed by atoms with van der Waals surface area (Å²) in [6.07, 6.45) is 49.0. The molecule has 0 bridgehead atoms. The highest BCUT2D eigenvalue weighted by atomic mass is 16.3. The van der Waals surface area contributed by atoms with Gasteiger partial charge in [0.2, 0.25) is 0 Å². The number of aliphatic hydroxyl groups is 2. The van der Waals surface area contributed by atoms with Crippen molar-refractivity contribution in [3.05, 3.63) is 82.5 Å². The minimum atomic E-state index is -0.0760. The topological polar surface area (TPSA) is 143 Å². The maximum atomic E-state index is 12.7. The lowest BCUT2D eigenvalue weighted by Gasteiger charge is -2.57. The normalized spacial score (nSPS) is 43.0. The van der Waals surface area contributed by atoms with Crippen molar-refractivity contribution in [2.75, 3.05) is 0 Å². The summed E-state index contributed by atoms with van der Waals surface area (Å²) < 4.78 is 0. The average molecular weight is 1110 g/mol. The number of carbonyl (C=O) groups is 6. The van der Waals surface area contributed by atoms with Gasteiger partial charge >= 0.3 is 0 Å². The molecule has 0 spiro atoms. The van der Waals surface area contributed by atoms with Gasteiger partial charge in [0.05, 0.1) is 12.2 Å².